The van der Waals surface area contributed by atoms with Crippen molar-refractivity contribution in [3.63, 3.8) is 0 Å². The van der Waals surface area contributed by atoms with E-state index in [4.69, 9.17) is 5.11 Å². The van der Waals surface area contributed by atoms with E-state index in [0.29, 0.717) is 0 Å². The fraction of sp³-hybridized carbons (Fsp3) is 0.818. The largest absolute Gasteiger partial charge is 0.481 e. The first kappa shape index (κ1) is 14.1. The Morgan fingerprint density at radius 2 is 1.79 bits per heavy atom. The van der Waals surface area contributed by atoms with Crippen LogP contribution in [0.5, 0.6) is 0 Å². The minimum Gasteiger partial charge on any atom is -0.481 e. The van der Waals surface area contributed by atoms with Crippen molar-refractivity contribution in [1.29, 1.82) is 0 Å². The summed E-state index contributed by atoms with van der Waals surface area (Å²) in [5.74, 6) is -0.938. The Morgan fingerprint density at radius 1 is 1.21 bits per heavy atom. The highest BCUT2D eigenvalue weighted by Crippen LogP contribution is 2.28. The summed E-state index contributed by atoms with van der Waals surface area (Å²) in [6.07, 6.45) is 1.73. The van der Waals surface area contributed by atoms with Crippen molar-refractivity contribution in [3.05, 3.63) is 0 Å². The first-order valence-electron chi connectivity index (χ1n) is 6.37. The molecule has 108 valence electrons. The van der Waals surface area contributed by atoms with Gasteiger partial charge in [0, 0.05) is 25.7 Å². The number of carboxylic acid groups (broad SMARTS) is 1. The van der Waals surface area contributed by atoms with Gasteiger partial charge in [-0.1, -0.05) is 0 Å². The highest BCUT2D eigenvalue weighted by atomic mass is 32.2. The number of hydrogen-bond acceptors (Lipinski definition) is 4. The van der Waals surface area contributed by atoms with E-state index in [9.17, 15) is 18.0 Å². The topological polar surface area (TPSA) is 95.0 Å². The molecule has 0 bridgehead atoms. The van der Waals surface area contributed by atoms with Crippen molar-refractivity contribution in [3.8, 4) is 0 Å². The summed E-state index contributed by atoms with van der Waals surface area (Å²) in [5, 5.41) is 8.69. The summed E-state index contributed by atoms with van der Waals surface area (Å²) in [4.78, 5) is 26.0. The van der Waals surface area contributed by atoms with E-state index in [2.05, 4.69) is 0 Å². The molecule has 1 N–H and O–H groups in total. The lowest BCUT2D eigenvalue weighted by molar-refractivity contribution is -0.137. The maximum atomic E-state index is 12.3. The minimum absolute atomic E-state index is 0.00379. The van der Waals surface area contributed by atoms with Gasteiger partial charge in [0.15, 0.2) is 9.84 Å². The van der Waals surface area contributed by atoms with E-state index < -0.39 is 15.8 Å². The second-order valence-electron chi connectivity index (χ2n) is 4.99. The third-order valence-corrected chi connectivity index (χ3v) is 5.02. The quantitative estimate of drug-likeness (QED) is 0.772. The average molecular weight is 290 g/mol. The Morgan fingerprint density at radius 3 is 2.26 bits per heavy atom. The average Bonchev–Trinajstić information content (AvgIpc) is 3.13. The van der Waals surface area contributed by atoms with Gasteiger partial charge in [-0.3, -0.25) is 4.79 Å². The Balaban J connectivity index is 1.94. The maximum Gasteiger partial charge on any atom is 0.320 e. The van der Waals surface area contributed by atoms with Gasteiger partial charge in [-0.05, 0) is 12.8 Å². The number of hydrogen-bond donors (Lipinski definition) is 1. The number of rotatable bonds is 4. The van der Waals surface area contributed by atoms with Crippen LogP contribution in [0.1, 0.15) is 19.3 Å². The molecule has 2 fully saturated rings. The number of carboxylic acids is 1. The molecule has 0 unspecified atom stereocenters. The highest BCUT2D eigenvalue weighted by Gasteiger charge is 2.36. The molecule has 1 saturated carbocycles. The third-order valence-electron chi connectivity index (χ3n) is 3.41. The van der Waals surface area contributed by atoms with Crippen molar-refractivity contribution in [2.45, 2.75) is 25.3 Å². The summed E-state index contributed by atoms with van der Waals surface area (Å²) in [5.41, 5.74) is 0. The number of carbonyl (C=O) groups excluding carboxylic acids is 1. The summed E-state index contributed by atoms with van der Waals surface area (Å²) in [6.45, 7) is 0.608. The van der Waals surface area contributed by atoms with Crippen LogP contribution in [0.2, 0.25) is 0 Å². The number of aliphatic carboxylic acids is 1. The van der Waals surface area contributed by atoms with Crippen molar-refractivity contribution in [2.75, 3.05) is 31.1 Å². The standard InChI is InChI=1S/C11H18N2O5S/c14-10(15)3-4-13(9-1-2-9)11(16)12-5-7-19(17,18)8-6-12/h9H,1-8H2,(H,14,15). The lowest BCUT2D eigenvalue weighted by Crippen LogP contribution is -2.50. The predicted octanol–water partition coefficient (Wildman–Crippen LogP) is -0.224. The van der Waals surface area contributed by atoms with Gasteiger partial charge in [-0.2, -0.15) is 0 Å². The van der Waals surface area contributed by atoms with Gasteiger partial charge in [0.1, 0.15) is 0 Å². The van der Waals surface area contributed by atoms with Crippen LogP contribution in [0.25, 0.3) is 0 Å². The second kappa shape index (κ2) is 5.36. The van der Waals surface area contributed by atoms with Crippen molar-refractivity contribution in [1.82, 2.24) is 9.80 Å². The molecule has 0 aromatic rings. The lowest BCUT2D eigenvalue weighted by Gasteiger charge is -2.32. The molecule has 0 atom stereocenters. The molecule has 0 spiro atoms. The number of sulfone groups is 1. The van der Waals surface area contributed by atoms with Crippen LogP contribution in [-0.2, 0) is 14.6 Å². The van der Waals surface area contributed by atoms with E-state index in [1.807, 2.05) is 0 Å². The molecule has 0 aromatic carbocycles. The van der Waals surface area contributed by atoms with E-state index in [1.54, 1.807) is 4.90 Å². The zero-order valence-corrected chi connectivity index (χ0v) is 11.4. The van der Waals surface area contributed by atoms with Crippen LogP contribution in [-0.4, -0.2) is 72.5 Å². The van der Waals surface area contributed by atoms with Crippen molar-refractivity contribution in [2.24, 2.45) is 0 Å². The molecule has 19 heavy (non-hydrogen) atoms. The normalized spacial score (nSPS) is 22.0. The van der Waals surface area contributed by atoms with E-state index in [0.717, 1.165) is 12.8 Å². The van der Waals surface area contributed by atoms with Gasteiger partial charge >= 0.3 is 12.0 Å². The molecule has 0 aromatic heterocycles. The number of amides is 2. The Labute approximate surface area is 112 Å². The molecule has 8 heteroatoms. The zero-order valence-electron chi connectivity index (χ0n) is 10.6. The van der Waals surface area contributed by atoms with Crippen LogP contribution < -0.4 is 0 Å². The fourth-order valence-corrected chi connectivity index (χ4v) is 3.32. The molecular weight excluding hydrogens is 272 g/mol. The predicted molar refractivity (Wildman–Crippen MR) is 67.6 cm³/mol. The summed E-state index contributed by atoms with van der Waals surface area (Å²) >= 11 is 0. The van der Waals surface area contributed by atoms with Gasteiger partial charge in [0.25, 0.3) is 0 Å². The number of nitrogens with zero attached hydrogens (tertiary/aromatic N) is 2. The Bertz CT molecular complexity index is 457. The Hall–Kier alpha value is -1.31. The summed E-state index contributed by atoms with van der Waals surface area (Å²) in [7, 11) is -3.01. The first-order chi connectivity index (χ1) is 8.89. The molecule has 1 saturated heterocycles. The smallest absolute Gasteiger partial charge is 0.320 e. The molecular formula is C11H18N2O5S. The van der Waals surface area contributed by atoms with Gasteiger partial charge in [-0.15, -0.1) is 0 Å². The van der Waals surface area contributed by atoms with Crippen LogP contribution in [0.4, 0.5) is 4.79 Å². The third kappa shape index (κ3) is 3.82. The maximum absolute atomic E-state index is 12.3. The van der Waals surface area contributed by atoms with E-state index in [-0.39, 0.29) is 49.6 Å². The summed E-state index contributed by atoms with van der Waals surface area (Å²) in [6, 6.07) is -0.0935. The minimum atomic E-state index is -3.01. The first-order valence-corrected chi connectivity index (χ1v) is 8.19. The molecule has 1 heterocycles. The summed E-state index contributed by atoms with van der Waals surface area (Å²) < 4.78 is 22.6. The van der Waals surface area contributed by atoms with Crippen LogP contribution in [0.3, 0.4) is 0 Å². The molecule has 2 aliphatic rings. The zero-order chi connectivity index (χ0) is 14.0. The van der Waals surface area contributed by atoms with Crippen LogP contribution in [0.15, 0.2) is 0 Å². The van der Waals surface area contributed by atoms with E-state index in [1.165, 1.54) is 4.90 Å². The Kier molecular flexibility index (Phi) is 3.98. The monoisotopic (exact) mass is 290 g/mol. The van der Waals surface area contributed by atoms with Gasteiger partial charge < -0.3 is 14.9 Å². The molecule has 7 nitrogen and oxygen atoms in total. The second-order valence-corrected chi connectivity index (χ2v) is 7.29. The van der Waals surface area contributed by atoms with Gasteiger partial charge in [0.05, 0.1) is 17.9 Å². The molecule has 2 rings (SSSR count). The van der Waals surface area contributed by atoms with E-state index >= 15 is 0 Å². The lowest BCUT2D eigenvalue weighted by atomic mass is 10.3. The van der Waals surface area contributed by atoms with Crippen molar-refractivity contribution < 1.29 is 23.1 Å². The number of urea groups is 1. The highest BCUT2D eigenvalue weighted by molar-refractivity contribution is 7.91. The van der Waals surface area contributed by atoms with Gasteiger partial charge in [-0.25, -0.2) is 13.2 Å². The van der Waals surface area contributed by atoms with Gasteiger partial charge in [0.2, 0.25) is 0 Å². The molecule has 1 aliphatic heterocycles. The number of carbonyl (C=O) groups is 2. The molecule has 0 radical (unpaired) electrons. The SMILES string of the molecule is O=C(O)CCN(C(=O)N1CCS(=O)(=O)CC1)C1CC1. The van der Waals surface area contributed by atoms with Crippen LogP contribution in [0, 0.1) is 0 Å². The molecule has 1 aliphatic carbocycles. The van der Waals surface area contributed by atoms with Crippen LogP contribution >= 0.6 is 0 Å². The molecule has 2 amide bonds. The fourth-order valence-electron chi connectivity index (χ4n) is 2.12. The van der Waals surface area contributed by atoms with Crippen molar-refractivity contribution >= 4 is 21.8 Å².